The summed E-state index contributed by atoms with van der Waals surface area (Å²) in [6.45, 7) is 1.63. The summed E-state index contributed by atoms with van der Waals surface area (Å²) in [6, 6.07) is 7.17. The summed E-state index contributed by atoms with van der Waals surface area (Å²) in [7, 11) is 0. The van der Waals surface area contributed by atoms with Gasteiger partial charge in [-0.05, 0) is 59.1 Å². The average molecular weight is 512 g/mol. The molecule has 2 aromatic carbocycles. The molecule has 0 radical (unpaired) electrons. The number of rotatable bonds is 4. The molecule has 6 nitrogen and oxygen atoms in total. The molecule has 10 heteroatoms. The lowest BCUT2D eigenvalue weighted by molar-refractivity contribution is -0.137. The second-order valence-corrected chi connectivity index (χ2v) is 8.11. The maximum atomic E-state index is 13.3. The molecule has 0 spiro atoms. The standard InChI is InChI=1S/C22H17BrF3NO5/c1-2-31-21(30)16-18(28)14-7-8-15(23)19-17(14)27(20(16)29)13(10-32-19)9-11-3-5-12(6-4-11)22(24,25)26/h3-8,13,28H,2,9-10H2,1H3. The van der Waals surface area contributed by atoms with Crippen molar-refractivity contribution in [2.24, 2.45) is 0 Å². The molecule has 1 aliphatic heterocycles. The Balaban J connectivity index is 1.87. The zero-order valence-corrected chi connectivity index (χ0v) is 18.3. The zero-order chi connectivity index (χ0) is 23.2. The molecule has 1 aromatic heterocycles. The van der Waals surface area contributed by atoms with Gasteiger partial charge in [0.1, 0.15) is 12.4 Å². The van der Waals surface area contributed by atoms with Crippen molar-refractivity contribution in [3.05, 3.63) is 67.9 Å². The fourth-order valence-electron chi connectivity index (χ4n) is 3.81. The molecule has 0 aliphatic carbocycles. The highest BCUT2D eigenvalue weighted by Gasteiger charge is 2.33. The average Bonchev–Trinajstić information content (AvgIpc) is 2.73. The first kappa shape index (κ1) is 22.2. The van der Waals surface area contributed by atoms with Crippen LogP contribution in [0.5, 0.6) is 11.5 Å². The van der Waals surface area contributed by atoms with E-state index in [9.17, 15) is 27.9 Å². The predicted octanol–water partition coefficient (Wildman–Crippen LogP) is 4.84. The Morgan fingerprint density at radius 1 is 1.25 bits per heavy atom. The van der Waals surface area contributed by atoms with Crippen LogP contribution in [0.2, 0.25) is 0 Å². The SMILES string of the molecule is CCOC(=O)c1c(O)c2ccc(Br)c3c2n(c1=O)C(Cc1ccc(C(F)(F)F)cc1)CO3. The highest BCUT2D eigenvalue weighted by Crippen LogP contribution is 2.42. The maximum Gasteiger partial charge on any atom is 0.416 e. The highest BCUT2D eigenvalue weighted by molar-refractivity contribution is 9.10. The van der Waals surface area contributed by atoms with Gasteiger partial charge < -0.3 is 14.6 Å². The summed E-state index contributed by atoms with van der Waals surface area (Å²) in [6.07, 6.45) is -4.28. The van der Waals surface area contributed by atoms with Crippen molar-refractivity contribution in [2.75, 3.05) is 13.2 Å². The van der Waals surface area contributed by atoms with Crippen LogP contribution in [-0.2, 0) is 17.3 Å². The van der Waals surface area contributed by atoms with Gasteiger partial charge in [-0.3, -0.25) is 9.36 Å². The third-order valence-corrected chi connectivity index (χ3v) is 5.89. The minimum absolute atomic E-state index is 0.0133. The second kappa shape index (κ2) is 8.16. The Kier molecular flexibility index (Phi) is 5.66. The number of ether oxygens (including phenoxy) is 2. The van der Waals surface area contributed by atoms with Crippen molar-refractivity contribution in [2.45, 2.75) is 25.6 Å². The van der Waals surface area contributed by atoms with Gasteiger partial charge in [-0.2, -0.15) is 13.2 Å². The van der Waals surface area contributed by atoms with Gasteiger partial charge in [-0.15, -0.1) is 0 Å². The van der Waals surface area contributed by atoms with E-state index >= 15 is 0 Å². The number of pyridine rings is 1. The highest BCUT2D eigenvalue weighted by atomic mass is 79.9. The molecular weight excluding hydrogens is 495 g/mol. The van der Waals surface area contributed by atoms with Gasteiger partial charge in [0.25, 0.3) is 5.56 Å². The molecular formula is C22H17BrF3NO5. The Hall–Kier alpha value is -3.01. The smallest absolute Gasteiger partial charge is 0.416 e. The van der Waals surface area contributed by atoms with Crippen LogP contribution in [-0.4, -0.2) is 28.9 Å². The van der Waals surface area contributed by atoms with Gasteiger partial charge in [-0.25, -0.2) is 4.79 Å². The second-order valence-electron chi connectivity index (χ2n) is 7.26. The van der Waals surface area contributed by atoms with Crippen LogP contribution in [0.15, 0.2) is 45.7 Å². The summed E-state index contributed by atoms with van der Waals surface area (Å²) >= 11 is 3.36. The Morgan fingerprint density at radius 3 is 2.56 bits per heavy atom. The van der Waals surface area contributed by atoms with E-state index in [0.717, 1.165) is 12.1 Å². The summed E-state index contributed by atoms with van der Waals surface area (Å²) in [5, 5.41) is 10.9. The molecule has 0 saturated heterocycles. The van der Waals surface area contributed by atoms with Crippen molar-refractivity contribution in [1.82, 2.24) is 4.57 Å². The van der Waals surface area contributed by atoms with Crippen LogP contribution in [0.4, 0.5) is 13.2 Å². The number of carbonyl (C=O) groups excluding carboxylic acids is 1. The van der Waals surface area contributed by atoms with E-state index in [1.54, 1.807) is 19.1 Å². The summed E-state index contributed by atoms with van der Waals surface area (Å²) in [5.41, 5.74) is -1.18. The molecule has 0 amide bonds. The van der Waals surface area contributed by atoms with Gasteiger partial charge in [0, 0.05) is 5.39 Å². The van der Waals surface area contributed by atoms with Crippen LogP contribution in [0, 0.1) is 0 Å². The number of nitrogens with zero attached hydrogens (tertiary/aromatic N) is 1. The van der Waals surface area contributed by atoms with Gasteiger partial charge in [0.15, 0.2) is 11.3 Å². The normalized spacial score (nSPS) is 15.5. The molecule has 1 atom stereocenters. The van der Waals surface area contributed by atoms with Crippen molar-refractivity contribution in [3.8, 4) is 11.5 Å². The first-order valence-corrected chi connectivity index (χ1v) is 10.5. The van der Waals surface area contributed by atoms with Crippen LogP contribution in [0.3, 0.4) is 0 Å². The number of esters is 1. The topological polar surface area (TPSA) is 77.8 Å². The summed E-state index contributed by atoms with van der Waals surface area (Å²) in [5.74, 6) is -1.13. The molecule has 1 N–H and O–H groups in total. The summed E-state index contributed by atoms with van der Waals surface area (Å²) < 4.78 is 51.3. The molecule has 1 aliphatic rings. The lowest BCUT2D eigenvalue weighted by Crippen LogP contribution is -2.36. The fourth-order valence-corrected chi connectivity index (χ4v) is 4.25. The predicted molar refractivity (Wildman–Crippen MR) is 113 cm³/mol. The van der Waals surface area contributed by atoms with Crippen molar-refractivity contribution < 1.29 is 32.5 Å². The molecule has 4 rings (SSSR count). The third-order valence-electron chi connectivity index (χ3n) is 5.27. The van der Waals surface area contributed by atoms with E-state index in [1.807, 2.05) is 0 Å². The van der Waals surface area contributed by atoms with Crippen LogP contribution in [0.25, 0.3) is 10.9 Å². The first-order valence-electron chi connectivity index (χ1n) is 9.69. The van der Waals surface area contributed by atoms with Crippen molar-refractivity contribution in [3.63, 3.8) is 0 Å². The van der Waals surface area contributed by atoms with Crippen LogP contribution >= 0.6 is 15.9 Å². The minimum Gasteiger partial charge on any atom is -0.506 e. The van der Waals surface area contributed by atoms with E-state index in [0.29, 0.717) is 15.8 Å². The Labute approximate surface area is 188 Å². The van der Waals surface area contributed by atoms with Crippen molar-refractivity contribution >= 4 is 32.8 Å². The van der Waals surface area contributed by atoms with Crippen molar-refractivity contribution in [1.29, 1.82) is 0 Å². The first-order chi connectivity index (χ1) is 15.1. The van der Waals surface area contributed by atoms with Gasteiger partial charge in [0.05, 0.1) is 28.2 Å². The third kappa shape index (κ3) is 3.72. The molecule has 32 heavy (non-hydrogen) atoms. The summed E-state index contributed by atoms with van der Waals surface area (Å²) in [4.78, 5) is 25.7. The van der Waals surface area contributed by atoms with Gasteiger partial charge in [0.2, 0.25) is 0 Å². The van der Waals surface area contributed by atoms with Gasteiger partial charge in [-0.1, -0.05) is 12.1 Å². The number of benzene rings is 2. The number of carbonyl (C=O) groups is 1. The van der Waals surface area contributed by atoms with E-state index in [-0.39, 0.29) is 30.5 Å². The molecule has 0 bridgehead atoms. The number of hydrogen-bond acceptors (Lipinski definition) is 5. The Morgan fingerprint density at radius 2 is 1.94 bits per heavy atom. The maximum absolute atomic E-state index is 13.3. The number of alkyl halides is 3. The number of halogens is 4. The Bertz CT molecular complexity index is 1270. The van der Waals surface area contributed by atoms with E-state index < -0.39 is 40.6 Å². The lowest BCUT2D eigenvalue weighted by atomic mass is 10.0. The molecule has 0 saturated carbocycles. The molecule has 2 heterocycles. The fraction of sp³-hybridized carbons (Fsp3) is 0.273. The van der Waals surface area contributed by atoms with Gasteiger partial charge >= 0.3 is 12.1 Å². The van der Waals surface area contributed by atoms with Crippen LogP contribution < -0.4 is 10.3 Å². The minimum atomic E-state index is -4.45. The number of aromatic hydroxyl groups is 1. The van der Waals surface area contributed by atoms with Crippen LogP contribution in [0.1, 0.15) is 34.5 Å². The number of hydrogen-bond donors (Lipinski definition) is 1. The van der Waals surface area contributed by atoms with E-state index in [2.05, 4.69) is 15.9 Å². The monoisotopic (exact) mass is 511 g/mol. The molecule has 1 unspecified atom stereocenters. The molecule has 3 aromatic rings. The zero-order valence-electron chi connectivity index (χ0n) is 16.7. The number of aromatic nitrogens is 1. The lowest BCUT2D eigenvalue weighted by Gasteiger charge is -2.30. The van der Waals surface area contributed by atoms with E-state index in [1.165, 1.54) is 16.7 Å². The largest absolute Gasteiger partial charge is 0.506 e. The van der Waals surface area contributed by atoms with E-state index in [4.69, 9.17) is 9.47 Å². The molecule has 168 valence electrons. The molecule has 0 fully saturated rings. The quantitative estimate of drug-likeness (QED) is 0.507.